The van der Waals surface area contributed by atoms with E-state index in [1.165, 1.54) is 12.1 Å². The Balaban J connectivity index is 2.54. The fourth-order valence-corrected chi connectivity index (χ4v) is 2.42. The van der Waals surface area contributed by atoms with Crippen molar-refractivity contribution < 1.29 is 4.39 Å². The predicted octanol–water partition coefficient (Wildman–Crippen LogP) is 3.72. The van der Waals surface area contributed by atoms with E-state index in [1.807, 2.05) is 6.07 Å². The van der Waals surface area contributed by atoms with Gasteiger partial charge >= 0.3 is 0 Å². The van der Waals surface area contributed by atoms with Gasteiger partial charge in [0.1, 0.15) is 5.82 Å². The van der Waals surface area contributed by atoms with E-state index in [-0.39, 0.29) is 17.4 Å². The number of halogens is 1. The second-order valence-corrected chi connectivity index (χ2v) is 6.11. The number of pyridine rings is 1. The van der Waals surface area contributed by atoms with Gasteiger partial charge in [0.2, 0.25) is 0 Å². The summed E-state index contributed by atoms with van der Waals surface area (Å²) < 4.78 is 14.9. The van der Waals surface area contributed by atoms with E-state index in [9.17, 15) is 9.18 Å². The average molecular weight is 302 g/mol. The highest BCUT2D eigenvalue weighted by atomic mass is 19.1. The molecule has 1 aromatic carbocycles. The zero-order valence-corrected chi connectivity index (χ0v) is 13.3. The molecule has 1 atom stereocenters. The molecule has 0 saturated carbocycles. The minimum Gasteiger partial charge on any atom is -0.324 e. The third-order valence-electron chi connectivity index (χ3n) is 3.76. The van der Waals surface area contributed by atoms with Crippen molar-refractivity contribution in [1.29, 1.82) is 0 Å². The molecule has 3 nitrogen and oxygen atoms in total. The van der Waals surface area contributed by atoms with Gasteiger partial charge in [0.15, 0.2) is 0 Å². The van der Waals surface area contributed by atoms with Crippen molar-refractivity contribution in [3.8, 4) is 11.3 Å². The molecule has 4 heteroatoms. The number of hydrogen-bond acceptors (Lipinski definition) is 2. The molecule has 2 N–H and O–H groups in total. The van der Waals surface area contributed by atoms with Gasteiger partial charge in [0, 0.05) is 18.2 Å². The maximum atomic E-state index is 13.1. The fourth-order valence-electron chi connectivity index (χ4n) is 2.42. The van der Waals surface area contributed by atoms with E-state index < -0.39 is 0 Å². The molecular formula is C18H23FN2O. The van der Waals surface area contributed by atoms with Gasteiger partial charge in [-0.3, -0.25) is 4.79 Å². The third-order valence-corrected chi connectivity index (χ3v) is 3.76. The minimum atomic E-state index is -0.305. The van der Waals surface area contributed by atoms with E-state index in [0.717, 1.165) is 17.7 Å². The number of aromatic nitrogens is 1. The van der Waals surface area contributed by atoms with Crippen molar-refractivity contribution in [3.63, 3.8) is 0 Å². The lowest BCUT2D eigenvalue weighted by atomic mass is 10.1. The smallest absolute Gasteiger partial charge is 0.255 e. The molecule has 0 fully saturated rings. The zero-order valence-electron chi connectivity index (χ0n) is 13.3. The lowest BCUT2D eigenvalue weighted by molar-refractivity contribution is 0.508. The molecule has 0 saturated heterocycles. The Bertz CT molecular complexity index is 687. The van der Waals surface area contributed by atoms with Gasteiger partial charge in [-0.2, -0.15) is 0 Å². The van der Waals surface area contributed by atoms with Crippen molar-refractivity contribution >= 4 is 0 Å². The van der Waals surface area contributed by atoms with Crippen molar-refractivity contribution in [2.75, 3.05) is 0 Å². The zero-order chi connectivity index (χ0) is 16.3. The molecule has 1 unspecified atom stereocenters. The largest absolute Gasteiger partial charge is 0.324 e. The van der Waals surface area contributed by atoms with Crippen molar-refractivity contribution in [2.24, 2.45) is 11.7 Å². The molecule has 118 valence electrons. The van der Waals surface area contributed by atoms with Crippen LogP contribution < -0.4 is 11.3 Å². The van der Waals surface area contributed by atoms with Gasteiger partial charge in [-0.25, -0.2) is 4.39 Å². The monoisotopic (exact) mass is 302 g/mol. The summed E-state index contributed by atoms with van der Waals surface area (Å²) in [5, 5.41) is 0. The molecule has 1 aromatic heterocycles. The van der Waals surface area contributed by atoms with Gasteiger partial charge in [-0.1, -0.05) is 13.8 Å². The maximum absolute atomic E-state index is 13.1. The quantitative estimate of drug-likeness (QED) is 0.915. The lowest BCUT2D eigenvalue weighted by Gasteiger charge is -2.17. The molecule has 0 bridgehead atoms. The summed E-state index contributed by atoms with van der Waals surface area (Å²) in [4.78, 5) is 12.7. The summed E-state index contributed by atoms with van der Waals surface area (Å²) in [5.74, 6) is 0.207. The maximum Gasteiger partial charge on any atom is 0.255 e. The van der Waals surface area contributed by atoms with Crippen LogP contribution in [0, 0.1) is 11.7 Å². The first-order valence-electron chi connectivity index (χ1n) is 7.65. The van der Waals surface area contributed by atoms with Crippen LogP contribution in [0.15, 0.2) is 41.2 Å². The van der Waals surface area contributed by atoms with Gasteiger partial charge < -0.3 is 10.3 Å². The van der Waals surface area contributed by atoms with Crippen LogP contribution in [-0.4, -0.2) is 4.57 Å². The molecule has 0 aliphatic carbocycles. The van der Waals surface area contributed by atoms with Crippen molar-refractivity contribution in [1.82, 2.24) is 4.57 Å². The predicted molar refractivity (Wildman–Crippen MR) is 88.2 cm³/mol. The summed E-state index contributed by atoms with van der Waals surface area (Å²) >= 11 is 0. The summed E-state index contributed by atoms with van der Waals surface area (Å²) in [6.45, 7) is 6.68. The molecule has 22 heavy (non-hydrogen) atoms. The van der Waals surface area contributed by atoms with Crippen LogP contribution in [0.2, 0.25) is 0 Å². The average Bonchev–Trinajstić information content (AvgIpc) is 2.46. The SMILES string of the molecule is CC(C)CCn1c(-c2ccc(F)cc2)ccc(C(C)N)c1=O. The van der Waals surface area contributed by atoms with Crippen LogP contribution in [0.25, 0.3) is 11.3 Å². The van der Waals surface area contributed by atoms with Crippen LogP contribution in [0.4, 0.5) is 4.39 Å². The Morgan fingerprint density at radius 3 is 2.27 bits per heavy atom. The highest BCUT2D eigenvalue weighted by molar-refractivity contribution is 5.59. The molecular weight excluding hydrogens is 279 g/mol. The fraction of sp³-hybridized carbons (Fsp3) is 0.389. The number of rotatable bonds is 5. The second kappa shape index (κ2) is 6.88. The molecule has 1 heterocycles. The van der Waals surface area contributed by atoms with E-state index in [4.69, 9.17) is 5.73 Å². The molecule has 2 aromatic rings. The van der Waals surface area contributed by atoms with Crippen LogP contribution in [-0.2, 0) is 6.54 Å². The topological polar surface area (TPSA) is 48.0 Å². The molecule has 0 amide bonds. The van der Waals surface area contributed by atoms with Gasteiger partial charge in [0.05, 0.1) is 5.69 Å². The third kappa shape index (κ3) is 3.63. The summed E-state index contributed by atoms with van der Waals surface area (Å²) in [6.07, 6.45) is 0.899. The Morgan fingerprint density at radius 1 is 1.09 bits per heavy atom. The number of nitrogens with two attached hydrogens (primary N) is 1. The number of benzene rings is 1. The van der Waals surface area contributed by atoms with E-state index in [2.05, 4.69) is 13.8 Å². The Hall–Kier alpha value is -1.94. The van der Waals surface area contributed by atoms with E-state index in [0.29, 0.717) is 18.0 Å². The van der Waals surface area contributed by atoms with Crippen LogP contribution in [0.3, 0.4) is 0 Å². The van der Waals surface area contributed by atoms with Crippen LogP contribution in [0.1, 0.15) is 38.8 Å². The first-order chi connectivity index (χ1) is 10.4. The number of nitrogens with zero attached hydrogens (tertiary/aromatic N) is 1. The summed E-state index contributed by atoms with van der Waals surface area (Å²) in [5.41, 5.74) is 8.07. The minimum absolute atomic E-state index is 0.0579. The van der Waals surface area contributed by atoms with E-state index >= 15 is 0 Å². The van der Waals surface area contributed by atoms with Gasteiger partial charge in [-0.15, -0.1) is 0 Å². The standard InChI is InChI=1S/C18H23FN2O/c1-12(2)10-11-21-17(14-4-6-15(19)7-5-14)9-8-16(13(3)20)18(21)22/h4-9,12-13H,10-11,20H2,1-3H3. The van der Waals surface area contributed by atoms with Gasteiger partial charge in [0.25, 0.3) is 5.56 Å². The highest BCUT2D eigenvalue weighted by Crippen LogP contribution is 2.21. The highest BCUT2D eigenvalue weighted by Gasteiger charge is 2.13. The van der Waals surface area contributed by atoms with Crippen LogP contribution >= 0.6 is 0 Å². The Labute approximate surface area is 130 Å². The Kier molecular flexibility index (Phi) is 5.14. The normalized spacial score (nSPS) is 12.6. The Morgan fingerprint density at radius 2 is 1.73 bits per heavy atom. The molecule has 0 aliphatic rings. The summed E-state index contributed by atoms with van der Waals surface area (Å²) in [7, 11) is 0. The molecule has 2 rings (SSSR count). The molecule has 0 radical (unpaired) electrons. The number of hydrogen-bond donors (Lipinski definition) is 1. The molecule has 0 spiro atoms. The van der Waals surface area contributed by atoms with Gasteiger partial charge in [-0.05, 0) is 61.2 Å². The van der Waals surface area contributed by atoms with Crippen LogP contribution in [0.5, 0.6) is 0 Å². The van der Waals surface area contributed by atoms with Crippen molar-refractivity contribution in [3.05, 3.63) is 58.1 Å². The van der Waals surface area contributed by atoms with E-state index in [1.54, 1.807) is 29.7 Å². The second-order valence-electron chi connectivity index (χ2n) is 6.11. The first kappa shape index (κ1) is 16.4. The summed E-state index contributed by atoms with van der Waals surface area (Å²) in [6, 6.07) is 9.58. The first-order valence-corrected chi connectivity index (χ1v) is 7.65. The lowest BCUT2D eigenvalue weighted by Crippen LogP contribution is -2.28. The van der Waals surface area contributed by atoms with Crippen molar-refractivity contribution in [2.45, 2.75) is 39.8 Å². The molecule has 0 aliphatic heterocycles.